The van der Waals surface area contributed by atoms with Crippen LogP contribution in [-0.2, 0) is 11.2 Å². The first-order chi connectivity index (χ1) is 7.13. The minimum atomic E-state index is -0.374. The molecular formula is C12H12FNO. The Morgan fingerprint density at radius 2 is 2.27 bits per heavy atom. The first kappa shape index (κ1) is 11.3. The third kappa shape index (κ3) is 3.43. The molecule has 3 heteroatoms. The molecule has 1 amide bonds. The molecule has 0 bridgehead atoms. The fourth-order valence-electron chi connectivity index (χ4n) is 1.15. The molecule has 0 aliphatic carbocycles. The van der Waals surface area contributed by atoms with Crippen LogP contribution in [0.4, 0.5) is 4.39 Å². The number of hydrogen-bond donors (Lipinski definition) is 1. The minimum Gasteiger partial charge on any atom is -0.342 e. The van der Waals surface area contributed by atoms with E-state index in [9.17, 15) is 9.18 Å². The largest absolute Gasteiger partial charge is 0.342 e. The first-order valence-electron chi connectivity index (χ1n) is 4.62. The summed E-state index contributed by atoms with van der Waals surface area (Å²) < 4.78 is 13.1. The second-order valence-corrected chi connectivity index (χ2v) is 3.22. The summed E-state index contributed by atoms with van der Waals surface area (Å²) in [6.45, 7) is 1.69. The molecule has 15 heavy (non-hydrogen) atoms. The van der Waals surface area contributed by atoms with Gasteiger partial charge in [-0.2, -0.15) is 0 Å². The zero-order valence-electron chi connectivity index (χ0n) is 8.46. The van der Waals surface area contributed by atoms with Gasteiger partial charge in [0.1, 0.15) is 5.82 Å². The normalized spacial score (nSPS) is 11.5. The second-order valence-electron chi connectivity index (χ2n) is 3.22. The van der Waals surface area contributed by atoms with Gasteiger partial charge in [-0.3, -0.25) is 4.79 Å². The number of rotatable bonds is 3. The highest BCUT2D eigenvalue weighted by Crippen LogP contribution is 2.06. The highest BCUT2D eigenvalue weighted by molar-refractivity contribution is 5.79. The molecule has 1 rings (SSSR count). The zero-order chi connectivity index (χ0) is 11.3. The molecule has 0 fully saturated rings. The Morgan fingerprint density at radius 1 is 1.60 bits per heavy atom. The van der Waals surface area contributed by atoms with Gasteiger partial charge < -0.3 is 5.32 Å². The van der Waals surface area contributed by atoms with Crippen molar-refractivity contribution in [1.29, 1.82) is 0 Å². The van der Waals surface area contributed by atoms with Gasteiger partial charge in [-0.1, -0.05) is 24.1 Å². The van der Waals surface area contributed by atoms with Crippen molar-refractivity contribution in [2.75, 3.05) is 0 Å². The molecule has 2 nitrogen and oxygen atoms in total. The topological polar surface area (TPSA) is 29.1 Å². The van der Waals surface area contributed by atoms with Crippen molar-refractivity contribution in [3.63, 3.8) is 0 Å². The fourth-order valence-corrected chi connectivity index (χ4v) is 1.15. The van der Waals surface area contributed by atoms with E-state index in [1.807, 2.05) is 0 Å². The second kappa shape index (κ2) is 5.16. The number of halogens is 1. The summed E-state index contributed by atoms with van der Waals surface area (Å²) in [6.07, 6.45) is 5.12. The highest BCUT2D eigenvalue weighted by atomic mass is 19.1. The van der Waals surface area contributed by atoms with Gasteiger partial charge >= 0.3 is 0 Å². The third-order valence-corrected chi connectivity index (χ3v) is 1.94. The summed E-state index contributed by atoms with van der Waals surface area (Å²) in [6, 6.07) is 5.85. The smallest absolute Gasteiger partial charge is 0.225 e. The van der Waals surface area contributed by atoms with Gasteiger partial charge in [-0.25, -0.2) is 4.39 Å². The molecule has 0 radical (unpaired) electrons. The average Bonchev–Trinajstić information content (AvgIpc) is 2.21. The van der Waals surface area contributed by atoms with E-state index in [-0.39, 0.29) is 24.2 Å². The first-order valence-corrected chi connectivity index (χ1v) is 4.62. The number of hydrogen-bond acceptors (Lipinski definition) is 1. The van der Waals surface area contributed by atoms with Crippen molar-refractivity contribution in [2.24, 2.45) is 0 Å². The van der Waals surface area contributed by atoms with E-state index < -0.39 is 0 Å². The average molecular weight is 205 g/mol. The van der Waals surface area contributed by atoms with Crippen LogP contribution in [-0.4, -0.2) is 11.9 Å². The maximum Gasteiger partial charge on any atom is 0.225 e. The van der Waals surface area contributed by atoms with E-state index in [0.717, 1.165) is 0 Å². The quantitative estimate of drug-likeness (QED) is 0.744. The van der Waals surface area contributed by atoms with Gasteiger partial charge in [-0.05, 0) is 18.6 Å². The highest BCUT2D eigenvalue weighted by Gasteiger charge is 2.08. The van der Waals surface area contributed by atoms with E-state index in [0.29, 0.717) is 5.56 Å². The number of carbonyl (C=O) groups is 1. The predicted molar refractivity (Wildman–Crippen MR) is 56.5 cm³/mol. The van der Waals surface area contributed by atoms with Crippen LogP contribution < -0.4 is 5.32 Å². The minimum absolute atomic E-state index is 0.0126. The lowest BCUT2D eigenvalue weighted by Crippen LogP contribution is -2.32. The van der Waals surface area contributed by atoms with Gasteiger partial charge in [0, 0.05) is 0 Å². The molecule has 1 aromatic carbocycles. The van der Waals surface area contributed by atoms with Crippen molar-refractivity contribution in [1.82, 2.24) is 5.32 Å². The SMILES string of the molecule is C#CC(C)NC(=O)Cc1ccccc1F. The number of carbonyl (C=O) groups excluding carboxylic acids is 1. The van der Waals surface area contributed by atoms with Crippen molar-refractivity contribution >= 4 is 5.91 Å². The molecule has 78 valence electrons. The molecule has 1 aromatic rings. The summed E-state index contributed by atoms with van der Waals surface area (Å²) >= 11 is 0. The van der Waals surface area contributed by atoms with E-state index in [2.05, 4.69) is 11.2 Å². The van der Waals surface area contributed by atoms with Crippen LogP contribution in [0, 0.1) is 18.2 Å². The van der Waals surface area contributed by atoms with E-state index in [1.54, 1.807) is 25.1 Å². The number of benzene rings is 1. The van der Waals surface area contributed by atoms with Gasteiger partial charge in [0.15, 0.2) is 0 Å². The van der Waals surface area contributed by atoms with Crippen LogP contribution in [0.2, 0.25) is 0 Å². The maximum absolute atomic E-state index is 13.1. The van der Waals surface area contributed by atoms with Crippen LogP contribution in [0.3, 0.4) is 0 Å². The fraction of sp³-hybridized carbons (Fsp3) is 0.250. The molecule has 0 aromatic heterocycles. The number of terminal acetylenes is 1. The van der Waals surface area contributed by atoms with Crippen LogP contribution in [0.25, 0.3) is 0 Å². The van der Waals surface area contributed by atoms with E-state index >= 15 is 0 Å². The monoisotopic (exact) mass is 205 g/mol. The molecule has 0 aliphatic heterocycles. The zero-order valence-corrected chi connectivity index (χ0v) is 8.46. The Morgan fingerprint density at radius 3 is 2.87 bits per heavy atom. The lowest BCUT2D eigenvalue weighted by molar-refractivity contribution is -0.120. The third-order valence-electron chi connectivity index (χ3n) is 1.94. The molecule has 0 saturated carbocycles. The number of nitrogens with one attached hydrogen (secondary N) is 1. The molecular weight excluding hydrogens is 193 g/mol. The summed E-state index contributed by atoms with van der Waals surface area (Å²) in [4.78, 5) is 11.4. The van der Waals surface area contributed by atoms with Crippen molar-refractivity contribution in [3.05, 3.63) is 35.6 Å². The summed E-state index contributed by atoms with van der Waals surface area (Å²) in [7, 11) is 0. The summed E-state index contributed by atoms with van der Waals surface area (Å²) in [5.74, 6) is 1.72. The lowest BCUT2D eigenvalue weighted by Gasteiger charge is -2.07. The van der Waals surface area contributed by atoms with Crippen LogP contribution in [0.15, 0.2) is 24.3 Å². The Hall–Kier alpha value is -1.82. The molecule has 0 aliphatic rings. The van der Waals surface area contributed by atoms with Crippen molar-refractivity contribution < 1.29 is 9.18 Å². The Kier molecular flexibility index (Phi) is 3.87. The van der Waals surface area contributed by atoms with Crippen molar-refractivity contribution in [3.8, 4) is 12.3 Å². The lowest BCUT2D eigenvalue weighted by atomic mass is 10.1. The van der Waals surface area contributed by atoms with Crippen LogP contribution in [0.1, 0.15) is 12.5 Å². The molecule has 1 N–H and O–H groups in total. The Balaban J connectivity index is 2.60. The molecule has 1 atom stereocenters. The summed E-state index contributed by atoms with van der Waals surface area (Å²) in [5.41, 5.74) is 0.374. The van der Waals surface area contributed by atoms with E-state index in [1.165, 1.54) is 6.07 Å². The summed E-state index contributed by atoms with van der Waals surface area (Å²) in [5, 5.41) is 2.56. The van der Waals surface area contributed by atoms with Gasteiger partial charge in [-0.15, -0.1) is 6.42 Å². The molecule has 0 heterocycles. The Bertz CT molecular complexity index is 395. The molecule has 0 spiro atoms. The van der Waals surface area contributed by atoms with Crippen LogP contribution in [0.5, 0.6) is 0 Å². The molecule has 0 saturated heterocycles. The van der Waals surface area contributed by atoms with E-state index in [4.69, 9.17) is 6.42 Å². The van der Waals surface area contributed by atoms with Gasteiger partial charge in [0.05, 0.1) is 12.5 Å². The van der Waals surface area contributed by atoms with Crippen LogP contribution >= 0.6 is 0 Å². The maximum atomic E-state index is 13.1. The predicted octanol–water partition coefficient (Wildman–Crippen LogP) is 1.51. The van der Waals surface area contributed by atoms with Gasteiger partial charge in [0.2, 0.25) is 5.91 Å². The van der Waals surface area contributed by atoms with Crippen molar-refractivity contribution in [2.45, 2.75) is 19.4 Å². The number of amides is 1. The Labute approximate surface area is 88.5 Å². The molecule has 1 unspecified atom stereocenters. The van der Waals surface area contributed by atoms with Gasteiger partial charge in [0.25, 0.3) is 0 Å². The standard InChI is InChI=1S/C12H12FNO/c1-3-9(2)14-12(15)8-10-6-4-5-7-11(10)13/h1,4-7,9H,8H2,2H3,(H,14,15).